The first-order valence-electron chi connectivity index (χ1n) is 7.52. The van der Waals surface area contributed by atoms with Gasteiger partial charge in [-0.1, -0.05) is 18.2 Å². The third-order valence-corrected chi connectivity index (χ3v) is 4.23. The number of para-hydroxylation sites is 1. The fourth-order valence-corrected chi connectivity index (χ4v) is 2.88. The fourth-order valence-electron chi connectivity index (χ4n) is 2.88. The number of carboxylic acids is 1. The van der Waals surface area contributed by atoms with Crippen LogP contribution < -0.4 is 4.90 Å². The summed E-state index contributed by atoms with van der Waals surface area (Å²) in [7, 11) is 0. The van der Waals surface area contributed by atoms with E-state index in [1.165, 1.54) is 11.8 Å². The Hall–Kier alpha value is -2.27. The molecular weight excluding hydrogens is 280 g/mol. The van der Waals surface area contributed by atoms with Crippen molar-refractivity contribution >= 4 is 11.7 Å². The summed E-state index contributed by atoms with van der Waals surface area (Å²) >= 11 is 0. The van der Waals surface area contributed by atoms with E-state index in [0.717, 1.165) is 26.2 Å². The number of anilines is 1. The molecule has 0 aliphatic carbocycles. The Labute approximate surface area is 129 Å². The highest BCUT2D eigenvalue weighted by Crippen LogP contribution is 2.25. The van der Waals surface area contributed by atoms with Gasteiger partial charge >= 0.3 is 5.97 Å². The number of carboxylic acid groups (broad SMARTS) is 1. The van der Waals surface area contributed by atoms with Gasteiger partial charge in [0.15, 0.2) is 0 Å². The van der Waals surface area contributed by atoms with E-state index >= 15 is 0 Å². The van der Waals surface area contributed by atoms with Gasteiger partial charge in [-0.2, -0.15) is 0 Å². The quantitative estimate of drug-likeness (QED) is 0.941. The van der Waals surface area contributed by atoms with Crippen molar-refractivity contribution in [3.63, 3.8) is 0 Å². The van der Waals surface area contributed by atoms with Crippen LogP contribution in [0.4, 0.5) is 5.69 Å². The normalized spacial score (nSPS) is 17.4. The molecule has 0 saturated carbocycles. The van der Waals surface area contributed by atoms with Crippen LogP contribution >= 0.6 is 0 Å². The van der Waals surface area contributed by atoms with E-state index in [9.17, 15) is 4.79 Å². The minimum absolute atomic E-state index is 0.00442. The SMILES string of the molecule is CC(c1ccc(C(=O)O)o1)N1CCN(c2ccccc2)CC1. The Bertz CT molecular complexity index is 630. The van der Waals surface area contributed by atoms with Gasteiger partial charge in [-0.25, -0.2) is 4.79 Å². The molecule has 1 aromatic heterocycles. The minimum atomic E-state index is -1.02. The first-order chi connectivity index (χ1) is 10.6. The number of rotatable bonds is 4. The molecule has 2 heterocycles. The fraction of sp³-hybridized carbons (Fsp3) is 0.353. The molecule has 1 aromatic carbocycles. The van der Waals surface area contributed by atoms with Gasteiger partial charge in [0.25, 0.3) is 0 Å². The number of hydrogen-bond acceptors (Lipinski definition) is 4. The largest absolute Gasteiger partial charge is 0.475 e. The Morgan fingerprint density at radius 1 is 1.09 bits per heavy atom. The summed E-state index contributed by atoms with van der Waals surface area (Å²) in [6.45, 7) is 5.84. The molecule has 1 unspecified atom stereocenters. The zero-order valence-corrected chi connectivity index (χ0v) is 12.6. The van der Waals surface area contributed by atoms with Gasteiger partial charge in [0, 0.05) is 31.9 Å². The third kappa shape index (κ3) is 2.99. The highest BCUT2D eigenvalue weighted by Gasteiger charge is 2.24. The standard InChI is InChI=1S/C17H20N2O3/c1-13(15-7-8-16(22-15)17(20)21)18-9-11-19(12-10-18)14-5-3-2-4-6-14/h2-8,13H,9-12H2,1H3,(H,20,21). The maximum Gasteiger partial charge on any atom is 0.371 e. The summed E-state index contributed by atoms with van der Waals surface area (Å²) in [5.41, 5.74) is 1.25. The molecule has 2 aromatic rings. The second-order valence-corrected chi connectivity index (χ2v) is 5.54. The average Bonchev–Trinajstić information content (AvgIpc) is 3.05. The van der Waals surface area contributed by atoms with Crippen LogP contribution in [0.3, 0.4) is 0 Å². The zero-order valence-electron chi connectivity index (χ0n) is 12.6. The molecule has 5 heteroatoms. The van der Waals surface area contributed by atoms with Crippen LogP contribution in [0.15, 0.2) is 46.9 Å². The van der Waals surface area contributed by atoms with E-state index in [1.54, 1.807) is 6.07 Å². The van der Waals surface area contributed by atoms with Crippen molar-refractivity contribution in [3.05, 3.63) is 54.0 Å². The van der Waals surface area contributed by atoms with Crippen molar-refractivity contribution in [2.45, 2.75) is 13.0 Å². The number of benzene rings is 1. The maximum atomic E-state index is 10.9. The summed E-state index contributed by atoms with van der Waals surface area (Å²) in [6, 6.07) is 13.8. The lowest BCUT2D eigenvalue weighted by atomic mass is 10.1. The minimum Gasteiger partial charge on any atom is -0.475 e. The van der Waals surface area contributed by atoms with Gasteiger partial charge in [-0.15, -0.1) is 0 Å². The van der Waals surface area contributed by atoms with Crippen molar-refractivity contribution in [2.75, 3.05) is 31.1 Å². The topological polar surface area (TPSA) is 56.9 Å². The number of nitrogens with zero attached hydrogens (tertiary/aromatic N) is 2. The van der Waals surface area contributed by atoms with Crippen LogP contribution in [0.2, 0.25) is 0 Å². The average molecular weight is 300 g/mol. The van der Waals surface area contributed by atoms with Crippen molar-refractivity contribution in [1.82, 2.24) is 4.90 Å². The summed E-state index contributed by atoms with van der Waals surface area (Å²) in [5, 5.41) is 8.94. The molecule has 116 valence electrons. The molecule has 1 fully saturated rings. The first-order valence-corrected chi connectivity index (χ1v) is 7.52. The Morgan fingerprint density at radius 2 is 1.77 bits per heavy atom. The number of hydrogen-bond donors (Lipinski definition) is 1. The summed E-state index contributed by atoms with van der Waals surface area (Å²) in [6.07, 6.45) is 0. The third-order valence-electron chi connectivity index (χ3n) is 4.23. The van der Waals surface area contributed by atoms with Crippen molar-refractivity contribution in [3.8, 4) is 0 Å². The molecule has 1 aliphatic heterocycles. The highest BCUT2D eigenvalue weighted by atomic mass is 16.4. The number of carbonyl (C=O) groups is 1. The lowest BCUT2D eigenvalue weighted by Crippen LogP contribution is -2.47. The summed E-state index contributed by atoms with van der Waals surface area (Å²) < 4.78 is 5.42. The van der Waals surface area contributed by atoms with Crippen LogP contribution in [0.25, 0.3) is 0 Å². The molecule has 1 aliphatic rings. The zero-order chi connectivity index (χ0) is 15.5. The molecule has 5 nitrogen and oxygen atoms in total. The molecular formula is C17H20N2O3. The molecule has 0 radical (unpaired) electrons. The Balaban J connectivity index is 1.62. The molecule has 1 atom stereocenters. The monoisotopic (exact) mass is 300 g/mol. The van der Waals surface area contributed by atoms with Crippen molar-refractivity contribution in [2.24, 2.45) is 0 Å². The van der Waals surface area contributed by atoms with E-state index in [1.807, 2.05) is 6.07 Å². The Kier molecular flexibility index (Phi) is 4.15. The van der Waals surface area contributed by atoms with Gasteiger partial charge in [0.05, 0.1) is 6.04 Å². The van der Waals surface area contributed by atoms with E-state index in [0.29, 0.717) is 5.76 Å². The molecule has 3 rings (SSSR count). The van der Waals surface area contributed by atoms with Crippen LogP contribution in [0, 0.1) is 0 Å². The van der Waals surface area contributed by atoms with Crippen LogP contribution in [0.5, 0.6) is 0 Å². The molecule has 22 heavy (non-hydrogen) atoms. The highest BCUT2D eigenvalue weighted by molar-refractivity contribution is 5.84. The van der Waals surface area contributed by atoms with Gasteiger partial charge in [0.2, 0.25) is 5.76 Å². The summed E-state index contributed by atoms with van der Waals surface area (Å²) in [4.78, 5) is 15.6. The van der Waals surface area contributed by atoms with E-state index in [4.69, 9.17) is 9.52 Å². The summed E-state index contributed by atoms with van der Waals surface area (Å²) in [5.74, 6) is -0.303. The molecule has 0 bridgehead atoms. The molecule has 1 saturated heterocycles. The maximum absolute atomic E-state index is 10.9. The number of furan rings is 1. The van der Waals surface area contributed by atoms with E-state index in [2.05, 4.69) is 41.0 Å². The molecule has 0 amide bonds. The smallest absolute Gasteiger partial charge is 0.371 e. The Morgan fingerprint density at radius 3 is 2.36 bits per heavy atom. The number of piperazine rings is 1. The van der Waals surface area contributed by atoms with Crippen LogP contribution in [0.1, 0.15) is 29.3 Å². The second-order valence-electron chi connectivity index (χ2n) is 5.54. The van der Waals surface area contributed by atoms with Gasteiger partial charge in [-0.05, 0) is 31.2 Å². The van der Waals surface area contributed by atoms with Gasteiger partial charge < -0.3 is 14.4 Å². The van der Waals surface area contributed by atoms with E-state index < -0.39 is 5.97 Å². The molecule has 1 N–H and O–H groups in total. The molecule has 0 spiro atoms. The van der Waals surface area contributed by atoms with Crippen LogP contribution in [-0.2, 0) is 0 Å². The van der Waals surface area contributed by atoms with Crippen LogP contribution in [-0.4, -0.2) is 42.2 Å². The first kappa shape index (κ1) is 14.7. The van der Waals surface area contributed by atoms with Crippen molar-refractivity contribution in [1.29, 1.82) is 0 Å². The predicted molar refractivity (Wildman–Crippen MR) is 84.3 cm³/mol. The van der Waals surface area contributed by atoms with E-state index in [-0.39, 0.29) is 11.8 Å². The van der Waals surface area contributed by atoms with Gasteiger partial charge in [-0.3, -0.25) is 4.90 Å². The van der Waals surface area contributed by atoms with Gasteiger partial charge in [0.1, 0.15) is 5.76 Å². The second kappa shape index (κ2) is 6.23. The lowest BCUT2D eigenvalue weighted by molar-refractivity contribution is 0.0655. The predicted octanol–water partition coefficient (Wildman–Crippen LogP) is 2.86. The lowest BCUT2D eigenvalue weighted by Gasteiger charge is -2.38. The number of aromatic carboxylic acids is 1. The van der Waals surface area contributed by atoms with Crippen molar-refractivity contribution < 1.29 is 14.3 Å².